The van der Waals surface area contributed by atoms with Gasteiger partial charge in [-0.2, -0.15) is 5.26 Å². The fraction of sp³-hybridized carbons (Fsp3) is 0.200. The molecule has 2 aromatic carbocycles. The van der Waals surface area contributed by atoms with E-state index in [1.807, 2.05) is 36.4 Å². The predicted molar refractivity (Wildman–Crippen MR) is 120 cm³/mol. The molecular weight excluding hydrogens is 440 g/mol. The van der Waals surface area contributed by atoms with Gasteiger partial charge in [0.25, 0.3) is 0 Å². The molecule has 2 atom stereocenters. The Bertz CT molecular complexity index is 1280. The summed E-state index contributed by atoms with van der Waals surface area (Å²) in [5.74, 6) is -1.65. The zero-order chi connectivity index (χ0) is 24.2. The van der Waals surface area contributed by atoms with Gasteiger partial charge >= 0.3 is 6.03 Å². The molecule has 4 rings (SSSR count). The minimum atomic E-state index is -0.938. The summed E-state index contributed by atoms with van der Waals surface area (Å²) in [5, 5.41) is 14.6. The summed E-state index contributed by atoms with van der Waals surface area (Å²) in [6.45, 7) is 1.65. The average molecular weight is 461 g/mol. The normalized spacial score (nSPS) is 14.4. The Hall–Kier alpha value is -4.32. The lowest BCUT2D eigenvalue weighted by atomic mass is 10.0. The molecule has 0 spiro atoms. The van der Waals surface area contributed by atoms with Gasteiger partial charge in [0.2, 0.25) is 5.91 Å². The standard InChI is InChI=1S/C25H21F2N5O2/c1-15(20-8-7-19(26)11-21(20)27)30-24(33)22(10-16-5-3-2-4-6-16)32-14-18-9-17(12-28)13-29-23(18)31-25(32)34/h2-9,11,13,15,22H,10,14H2,1H3,(H,30,33)(H,29,31,34)/t15-,22-/m1/s1. The zero-order valence-electron chi connectivity index (χ0n) is 18.3. The molecule has 1 aromatic heterocycles. The molecule has 2 N–H and O–H groups in total. The lowest BCUT2D eigenvalue weighted by Crippen LogP contribution is -2.53. The van der Waals surface area contributed by atoms with Crippen LogP contribution in [-0.2, 0) is 17.8 Å². The number of nitriles is 1. The number of nitrogens with zero attached hydrogens (tertiary/aromatic N) is 3. The van der Waals surface area contributed by atoms with Crippen LogP contribution in [0.4, 0.5) is 19.4 Å². The number of carbonyl (C=O) groups excluding carboxylic acids is 2. The molecule has 34 heavy (non-hydrogen) atoms. The molecule has 3 amide bonds. The van der Waals surface area contributed by atoms with Crippen LogP contribution in [0.1, 0.15) is 35.2 Å². The number of hydrogen-bond acceptors (Lipinski definition) is 4. The second-order valence-electron chi connectivity index (χ2n) is 8.00. The first kappa shape index (κ1) is 22.9. The highest BCUT2D eigenvalue weighted by atomic mass is 19.1. The monoisotopic (exact) mass is 461 g/mol. The quantitative estimate of drug-likeness (QED) is 0.578. The van der Waals surface area contributed by atoms with E-state index in [-0.39, 0.29) is 18.5 Å². The number of hydrogen-bond donors (Lipinski definition) is 2. The third-order valence-electron chi connectivity index (χ3n) is 5.66. The van der Waals surface area contributed by atoms with Crippen molar-refractivity contribution in [2.75, 3.05) is 5.32 Å². The van der Waals surface area contributed by atoms with E-state index in [1.165, 1.54) is 17.2 Å². The minimum Gasteiger partial charge on any atom is -0.348 e. The molecule has 0 fully saturated rings. The van der Waals surface area contributed by atoms with Crippen LogP contribution >= 0.6 is 0 Å². The van der Waals surface area contributed by atoms with E-state index in [1.54, 1.807) is 13.0 Å². The Morgan fingerprint density at radius 1 is 1.24 bits per heavy atom. The SMILES string of the molecule is C[C@@H](NC(=O)[C@@H](Cc1ccccc1)N1Cc2cc(C#N)cnc2NC1=O)c1ccc(F)cc1F. The van der Waals surface area contributed by atoms with Gasteiger partial charge in [-0.05, 0) is 24.6 Å². The van der Waals surface area contributed by atoms with Gasteiger partial charge in [0.1, 0.15) is 29.6 Å². The number of rotatable bonds is 6. The number of halogens is 2. The molecule has 9 heteroatoms. The largest absolute Gasteiger partial charge is 0.348 e. The molecule has 7 nitrogen and oxygen atoms in total. The van der Waals surface area contributed by atoms with Crippen LogP contribution in [-0.4, -0.2) is 27.9 Å². The van der Waals surface area contributed by atoms with Crippen LogP contribution in [0.5, 0.6) is 0 Å². The maximum absolute atomic E-state index is 14.3. The number of benzene rings is 2. The van der Waals surface area contributed by atoms with Crippen molar-refractivity contribution in [1.29, 1.82) is 5.26 Å². The maximum Gasteiger partial charge on any atom is 0.324 e. The number of carbonyl (C=O) groups is 2. The van der Waals surface area contributed by atoms with Gasteiger partial charge in [-0.3, -0.25) is 10.1 Å². The average Bonchev–Trinajstić information content (AvgIpc) is 2.82. The Balaban J connectivity index is 1.63. The maximum atomic E-state index is 14.3. The zero-order valence-corrected chi connectivity index (χ0v) is 18.3. The van der Waals surface area contributed by atoms with Crippen LogP contribution in [0.3, 0.4) is 0 Å². The number of nitrogens with one attached hydrogen (secondary N) is 2. The third-order valence-corrected chi connectivity index (χ3v) is 5.66. The van der Waals surface area contributed by atoms with Crippen molar-refractivity contribution in [2.45, 2.75) is 32.0 Å². The molecule has 0 aliphatic carbocycles. The van der Waals surface area contributed by atoms with E-state index in [4.69, 9.17) is 0 Å². The minimum absolute atomic E-state index is 0.0634. The molecule has 172 valence electrons. The van der Waals surface area contributed by atoms with Crippen LogP contribution in [0.25, 0.3) is 0 Å². The Morgan fingerprint density at radius 2 is 2.00 bits per heavy atom. The van der Waals surface area contributed by atoms with Gasteiger partial charge in [0.15, 0.2) is 0 Å². The van der Waals surface area contributed by atoms with E-state index in [0.29, 0.717) is 16.9 Å². The van der Waals surface area contributed by atoms with Crippen LogP contribution in [0, 0.1) is 23.0 Å². The second kappa shape index (κ2) is 9.67. The highest BCUT2D eigenvalue weighted by molar-refractivity contribution is 5.95. The summed E-state index contributed by atoms with van der Waals surface area (Å²) in [7, 11) is 0. The van der Waals surface area contributed by atoms with Gasteiger partial charge in [0.05, 0.1) is 18.2 Å². The topological polar surface area (TPSA) is 98.1 Å². The molecule has 0 saturated carbocycles. The molecule has 0 unspecified atom stereocenters. The Kier molecular flexibility index (Phi) is 6.50. The van der Waals surface area contributed by atoms with Gasteiger partial charge < -0.3 is 10.2 Å². The highest BCUT2D eigenvalue weighted by Gasteiger charge is 2.35. The van der Waals surface area contributed by atoms with Gasteiger partial charge in [-0.15, -0.1) is 0 Å². The third kappa shape index (κ3) is 4.86. The lowest BCUT2D eigenvalue weighted by molar-refractivity contribution is -0.126. The number of aromatic nitrogens is 1. The summed E-state index contributed by atoms with van der Waals surface area (Å²) >= 11 is 0. The molecule has 3 aromatic rings. The first-order chi connectivity index (χ1) is 16.4. The molecule has 0 radical (unpaired) electrons. The number of urea groups is 1. The van der Waals surface area contributed by atoms with E-state index in [9.17, 15) is 23.6 Å². The lowest BCUT2D eigenvalue weighted by Gasteiger charge is -2.35. The van der Waals surface area contributed by atoms with Crippen molar-refractivity contribution >= 4 is 17.8 Å². The molecule has 0 saturated heterocycles. The van der Waals surface area contributed by atoms with Crippen LogP contribution in [0.15, 0.2) is 60.8 Å². The van der Waals surface area contributed by atoms with Crippen LogP contribution < -0.4 is 10.6 Å². The van der Waals surface area contributed by atoms with Gasteiger partial charge in [0, 0.05) is 29.8 Å². The number of anilines is 1. The van der Waals surface area contributed by atoms with Crippen molar-refractivity contribution in [2.24, 2.45) is 0 Å². The summed E-state index contributed by atoms with van der Waals surface area (Å²) in [6, 6.07) is 13.8. The van der Waals surface area contributed by atoms with Crippen molar-refractivity contribution in [1.82, 2.24) is 15.2 Å². The van der Waals surface area contributed by atoms with E-state index < -0.39 is 35.7 Å². The van der Waals surface area contributed by atoms with Crippen molar-refractivity contribution < 1.29 is 18.4 Å². The molecule has 1 aliphatic heterocycles. The van der Waals surface area contributed by atoms with Crippen LogP contribution in [0.2, 0.25) is 0 Å². The van der Waals surface area contributed by atoms with E-state index in [0.717, 1.165) is 17.7 Å². The summed E-state index contributed by atoms with van der Waals surface area (Å²) in [4.78, 5) is 31.8. The van der Waals surface area contributed by atoms with Gasteiger partial charge in [-0.25, -0.2) is 18.6 Å². The number of fused-ring (bicyclic) bond motifs is 1. The highest BCUT2D eigenvalue weighted by Crippen LogP contribution is 2.26. The first-order valence-corrected chi connectivity index (χ1v) is 10.6. The Labute approximate surface area is 195 Å². The van der Waals surface area contributed by atoms with Crippen molar-refractivity contribution in [3.8, 4) is 6.07 Å². The van der Waals surface area contributed by atoms with E-state index in [2.05, 4.69) is 15.6 Å². The number of pyridine rings is 1. The first-order valence-electron chi connectivity index (χ1n) is 10.6. The van der Waals surface area contributed by atoms with Crippen molar-refractivity contribution in [3.05, 3.63) is 94.7 Å². The molecule has 0 bridgehead atoms. The second-order valence-corrected chi connectivity index (χ2v) is 8.00. The molecule has 2 heterocycles. The summed E-state index contributed by atoms with van der Waals surface area (Å²) in [6.07, 6.45) is 1.57. The smallest absolute Gasteiger partial charge is 0.324 e. The molecular formula is C25H21F2N5O2. The summed E-state index contributed by atoms with van der Waals surface area (Å²) < 4.78 is 27.6. The fourth-order valence-electron chi connectivity index (χ4n) is 3.91. The summed E-state index contributed by atoms with van der Waals surface area (Å²) in [5.41, 5.74) is 1.89. The van der Waals surface area contributed by atoms with Gasteiger partial charge in [-0.1, -0.05) is 36.4 Å². The Morgan fingerprint density at radius 3 is 2.71 bits per heavy atom. The predicted octanol–water partition coefficient (Wildman–Crippen LogP) is 4.07. The van der Waals surface area contributed by atoms with E-state index >= 15 is 0 Å². The number of amides is 3. The van der Waals surface area contributed by atoms with Crippen molar-refractivity contribution in [3.63, 3.8) is 0 Å². The molecule has 1 aliphatic rings. The fourth-order valence-corrected chi connectivity index (χ4v) is 3.91.